The number of likely N-dealkylation sites (tertiary alicyclic amines) is 1. The summed E-state index contributed by atoms with van der Waals surface area (Å²) in [6.07, 6.45) is 1.80. The van der Waals surface area contributed by atoms with Crippen LogP contribution >= 0.6 is 11.6 Å². The van der Waals surface area contributed by atoms with E-state index in [0.717, 1.165) is 24.1 Å². The van der Waals surface area contributed by atoms with Gasteiger partial charge in [-0.2, -0.15) is 10.4 Å². The number of nitriles is 1. The molecule has 0 unspecified atom stereocenters. The van der Waals surface area contributed by atoms with Crippen LogP contribution in [0.5, 0.6) is 0 Å². The van der Waals surface area contributed by atoms with Crippen molar-refractivity contribution in [3.8, 4) is 6.07 Å². The first-order valence-electron chi connectivity index (χ1n) is 7.53. The van der Waals surface area contributed by atoms with Crippen molar-refractivity contribution in [3.63, 3.8) is 0 Å². The van der Waals surface area contributed by atoms with Crippen molar-refractivity contribution in [2.24, 2.45) is 7.05 Å². The number of nitrogens with zero attached hydrogens (tertiary/aromatic N) is 4. The Morgan fingerprint density at radius 3 is 2.91 bits per heavy atom. The van der Waals surface area contributed by atoms with Gasteiger partial charge in [-0.1, -0.05) is 17.7 Å². The minimum atomic E-state index is -0.0658. The quantitative estimate of drug-likeness (QED) is 0.850. The van der Waals surface area contributed by atoms with Gasteiger partial charge in [0.2, 0.25) is 0 Å². The number of benzene rings is 1. The van der Waals surface area contributed by atoms with E-state index >= 15 is 0 Å². The van der Waals surface area contributed by atoms with Crippen molar-refractivity contribution < 1.29 is 4.79 Å². The Morgan fingerprint density at radius 2 is 2.26 bits per heavy atom. The van der Waals surface area contributed by atoms with E-state index in [4.69, 9.17) is 16.9 Å². The van der Waals surface area contributed by atoms with E-state index in [1.54, 1.807) is 36.0 Å². The fourth-order valence-electron chi connectivity index (χ4n) is 3.22. The monoisotopic (exact) mass is 328 g/mol. The molecule has 118 valence electrons. The van der Waals surface area contributed by atoms with Crippen LogP contribution in [-0.4, -0.2) is 27.1 Å². The van der Waals surface area contributed by atoms with Gasteiger partial charge < -0.3 is 4.90 Å². The lowest BCUT2D eigenvalue weighted by molar-refractivity contribution is 0.0735. The zero-order valence-electron chi connectivity index (χ0n) is 13.1. The van der Waals surface area contributed by atoms with Gasteiger partial charge in [0.05, 0.1) is 23.4 Å². The van der Waals surface area contributed by atoms with Crippen molar-refractivity contribution in [1.82, 2.24) is 14.7 Å². The van der Waals surface area contributed by atoms with Gasteiger partial charge in [0.15, 0.2) is 0 Å². The third-order valence-electron chi connectivity index (χ3n) is 4.28. The molecule has 1 atom stereocenters. The average molecular weight is 329 g/mol. The van der Waals surface area contributed by atoms with E-state index in [2.05, 4.69) is 11.2 Å². The highest BCUT2D eigenvalue weighted by atomic mass is 35.5. The summed E-state index contributed by atoms with van der Waals surface area (Å²) in [5.74, 6) is -0.0658. The summed E-state index contributed by atoms with van der Waals surface area (Å²) >= 11 is 6.38. The first-order valence-corrected chi connectivity index (χ1v) is 7.91. The minimum Gasteiger partial charge on any atom is -0.331 e. The fourth-order valence-corrected chi connectivity index (χ4v) is 3.52. The number of aryl methyl sites for hydroxylation is 2. The first kappa shape index (κ1) is 15.6. The molecular weight excluding hydrogens is 312 g/mol. The molecule has 1 aliphatic heterocycles. The molecule has 0 radical (unpaired) electrons. The predicted molar refractivity (Wildman–Crippen MR) is 87.1 cm³/mol. The average Bonchev–Trinajstić information content (AvgIpc) is 3.11. The number of hydrogen-bond acceptors (Lipinski definition) is 3. The third-order valence-corrected chi connectivity index (χ3v) is 4.73. The maximum absolute atomic E-state index is 12.9. The Hall–Kier alpha value is -2.32. The molecule has 0 N–H and O–H groups in total. The molecule has 1 saturated heterocycles. The maximum atomic E-state index is 12.9. The maximum Gasteiger partial charge on any atom is 0.254 e. The topological polar surface area (TPSA) is 61.9 Å². The Morgan fingerprint density at radius 1 is 1.48 bits per heavy atom. The molecule has 1 amide bonds. The molecule has 5 nitrogen and oxygen atoms in total. The smallest absolute Gasteiger partial charge is 0.254 e. The van der Waals surface area contributed by atoms with E-state index in [0.29, 0.717) is 22.8 Å². The van der Waals surface area contributed by atoms with E-state index in [-0.39, 0.29) is 11.9 Å². The lowest BCUT2D eigenvalue weighted by Crippen LogP contribution is -2.31. The fraction of sp³-hybridized carbons (Fsp3) is 0.353. The van der Waals surface area contributed by atoms with Gasteiger partial charge in [-0.3, -0.25) is 9.48 Å². The highest BCUT2D eigenvalue weighted by Crippen LogP contribution is 2.38. The highest BCUT2D eigenvalue weighted by molar-refractivity contribution is 6.30. The molecule has 1 aromatic carbocycles. The lowest BCUT2D eigenvalue weighted by Gasteiger charge is -2.25. The molecule has 1 aliphatic rings. The van der Waals surface area contributed by atoms with Crippen LogP contribution in [0.3, 0.4) is 0 Å². The van der Waals surface area contributed by atoms with Gasteiger partial charge in [-0.25, -0.2) is 0 Å². The van der Waals surface area contributed by atoms with Gasteiger partial charge >= 0.3 is 0 Å². The molecule has 2 heterocycles. The second-order valence-corrected chi connectivity index (χ2v) is 6.12. The Kier molecular flexibility index (Phi) is 4.10. The third kappa shape index (κ3) is 2.71. The minimum absolute atomic E-state index is 0.0607. The highest BCUT2D eigenvalue weighted by Gasteiger charge is 2.34. The van der Waals surface area contributed by atoms with Crippen molar-refractivity contribution >= 4 is 17.5 Å². The van der Waals surface area contributed by atoms with Crippen LogP contribution < -0.4 is 0 Å². The number of halogens is 1. The summed E-state index contributed by atoms with van der Waals surface area (Å²) in [5, 5.41) is 13.9. The summed E-state index contributed by atoms with van der Waals surface area (Å²) < 4.78 is 1.64. The van der Waals surface area contributed by atoms with Crippen molar-refractivity contribution in [3.05, 3.63) is 51.8 Å². The van der Waals surface area contributed by atoms with Crippen LogP contribution in [-0.2, 0) is 7.05 Å². The van der Waals surface area contributed by atoms with Crippen LogP contribution in [0.2, 0.25) is 5.15 Å². The van der Waals surface area contributed by atoms with Crippen molar-refractivity contribution in [2.75, 3.05) is 6.54 Å². The number of carbonyl (C=O) groups excluding carboxylic acids is 1. The molecule has 0 aliphatic carbocycles. The number of aromatic nitrogens is 2. The number of amides is 1. The van der Waals surface area contributed by atoms with Crippen LogP contribution in [0.15, 0.2) is 24.3 Å². The molecule has 2 aromatic rings. The largest absolute Gasteiger partial charge is 0.331 e. The van der Waals surface area contributed by atoms with Crippen LogP contribution in [0.4, 0.5) is 0 Å². The molecule has 0 saturated carbocycles. The summed E-state index contributed by atoms with van der Waals surface area (Å²) in [5.41, 5.74) is 2.81. The zero-order valence-corrected chi connectivity index (χ0v) is 13.8. The van der Waals surface area contributed by atoms with Crippen molar-refractivity contribution in [1.29, 1.82) is 5.26 Å². The van der Waals surface area contributed by atoms with E-state index in [1.165, 1.54) is 0 Å². The molecule has 23 heavy (non-hydrogen) atoms. The Bertz CT molecular complexity index is 805. The summed E-state index contributed by atoms with van der Waals surface area (Å²) in [4.78, 5) is 14.7. The Balaban J connectivity index is 1.95. The number of rotatable bonds is 2. The van der Waals surface area contributed by atoms with Gasteiger partial charge in [0, 0.05) is 24.7 Å². The first-order chi connectivity index (χ1) is 11.0. The molecule has 0 spiro atoms. The number of hydrogen-bond donors (Lipinski definition) is 0. The molecule has 0 bridgehead atoms. The lowest BCUT2D eigenvalue weighted by atomic mass is 10.0. The molecule has 1 fully saturated rings. The van der Waals surface area contributed by atoms with E-state index < -0.39 is 0 Å². The van der Waals surface area contributed by atoms with Crippen LogP contribution in [0, 0.1) is 18.3 Å². The van der Waals surface area contributed by atoms with Gasteiger partial charge in [-0.05, 0) is 38.0 Å². The predicted octanol–water partition coefficient (Wildman–Crippen LogP) is 3.23. The van der Waals surface area contributed by atoms with Crippen molar-refractivity contribution in [2.45, 2.75) is 25.8 Å². The molecular formula is C17H17ClN4O. The summed E-state index contributed by atoms with van der Waals surface area (Å²) in [7, 11) is 1.80. The molecule has 6 heteroatoms. The van der Waals surface area contributed by atoms with Gasteiger partial charge in [0.1, 0.15) is 5.15 Å². The second-order valence-electron chi connectivity index (χ2n) is 5.76. The normalized spacial score (nSPS) is 17.3. The number of carbonyl (C=O) groups is 1. The molecule has 1 aromatic heterocycles. The SMILES string of the molecule is Cc1nn(C)c(Cl)c1[C@H]1CCCN1C(=O)c1cccc(C#N)c1. The summed E-state index contributed by atoms with van der Waals surface area (Å²) in [6.45, 7) is 2.60. The van der Waals surface area contributed by atoms with Gasteiger partial charge in [-0.15, -0.1) is 0 Å². The van der Waals surface area contributed by atoms with Crippen LogP contribution in [0.1, 0.15) is 46.1 Å². The summed E-state index contributed by atoms with van der Waals surface area (Å²) in [6, 6.07) is 8.82. The Labute approximate surface area is 140 Å². The second kappa shape index (κ2) is 6.05. The standard InChI is InChI=1S/C17H17ClN4O/c1-11-15(16(18)21(2)20-11)14-7-4-8-22(14)17(23)13-6-3-5-12(9-13)10-19/h3,5-6,9,14H,4,7-8H2,1-2H3/t14-/m1/s1. The van der Waals surface area contributed by atoms with Gasteiger partial charge in [0.25, 0.3) is 5.91 Å². The zero-order chi connectivity index (χ0) is 16.6. The van der Waals surface area contributed by atoms with Crippen LogP contribution in [0.25, 0.3) is 0 Å². The van der Waals surface area contributed by atoms with E-state index in [1.807, 2.05) is 11.8 Å². The molecule has 3 rings (SSSR count). The van der Waals surface area contributed by atoms with E-state index in [9.17, 15) is 4.79 Å².